The number of benzene rings is 1. The Balaban J connectivity index is 1.78. The van der Waals surface area contributed by atoms with Crippen LogP contribution in [0.25, 0.3) is 0 Å². The highest BCUT2D eigenvalue weighted by atomic mass is 16.5. The van der Waals surface area contributed by atoms with Crippen LogP contribution < -0.4 is 4.74 Å². The summed E-state index contributed by atoms with van der Waals surface area (Å²) in [7, 11) is 1.68. The quantitative estimate of drug-likeness (QED) is 0.905. The Kier molecular flexibility index (Phi) is 5.04. The summed E-state index contributed by atoms with van der Waals surface area (Å²) in [6, 6.07) is 5.82. The van der Waals surface area contributed by atoms with Crippen molar-refractivity contribution in [1.29, 1.82) is 0 Å². The molecule has 0 radical (unpaired) electrons. The summed E-state index contributed by atoms with van der Waals surface area (Å²) in [5, 5.41) is 9.04. The van der Waals surface area contributed by atoms with Gasteiger partial charge in [0, 0.05) is 19.6 Å². The van der Waals surface area contributed by atoms with E-state index in [-0.39, 0.29) is 18.5 Å². The van der Waals surface area contributed by atoms with E-state index in [0.29, 0.717) is 13.1 Å². The van der Waals surface area contributed by atoms with E-state index in [1.54, 1.807) is 7.11 Å². The smallest absolute Gasteiger partial charge is 0.323 e. The molecule has 3 rings (SSSR count). The first-order valence-electron chi connectivity index (χ1n) is 8.49. The summed E-state index contributed by atoms with van der Waals surface area (Å²) in [4.78, 5) is 27.5. The number of hydrogen-bond donors (Lipinski definition) is 1. The predicted octanol–water partition coefficient (Wildman–Crippen LogP) is 1.52. The zero-order chi connectivity index (χ0) is 17.1. The second kappa shape index (κ2) is 7.21. The van der Waals surface area contributed by atoms with Crippen molar-refractivity contribution < 1.29 is 19.4 Å². The average molecular weight is 332 g/mol. The molecule has 6 nitrogen and oxygen atoms in total. The molecular weight excluding hydrogens is 308 g/mol. The minimum atomic E-state index is -0.947. The number of amides is 1. The zero-order valence-electron chi connectivity index (χ0n) is 14.0. The predicted molar refractivity (Wildman–Crippen MR) is 89.0 cm³/mol. The Labute approximate surface area is 142 Å². The van der Waals surface area contributed by atoms with Gasteiger partial charge in [-0.3, -0.25) is 14.5 Å². The Morgan fingerprint density at radius 2 is 2.17 bits per heavy atom. The maximum atomic E-state index is 12.8. The summed E-state index contributed by atoms with van der Waals surface area (Å²) < 4.78 is 5.44. The fraction of sp³-hybridized carbons (Fsp3) is 0.556. The van der Waals surface area contributed by atoms with Gasteiger partial charge < -0.3 is 14.7 Å². The molecule has 1 saturated heterocycles. The Bertz CT molecular complexity index is 631. The van der Waals surface area contributed by atoms with Crippen LogP contribution in [-0.4, -0.2) is 59.6 Å². The van der Waals surface area contributed by atoms with E-state index >= 15 is 0 Å². The lowest BCUT2D eigenvalue weighted by atomic mass is 9.96. The van der Waals surface area contributed by atoms with Gasteiger partial charge in [0.05, 0.1) is 13.2 Å². The molecule has 1 unspecified atom stereocenters. The minimum absolute atomic E-state index is 0.0405. The van der Waals surface area contributed by atoms with Crippen LogP contribution in [0.5, 0.6) is 5.75 Å². The van der Waals surface area contributed by atoms with Gasteiger partial charge in [0.15, 0.2) is 0 Å². The van der Waals surface area contributed by atoms with Crippen LogP contribution >= 0.6 is 0 Å². The molecule has 1 N–H and O–H groups in total. The van der Waals surface area contributed by atoms with Crippen LogP contribution in [0.2, 0.25) is 0 Å². The first kappa shape index (κ1) is 16.8. The Hall–Kier alpha value is -2.08. The molecule has 2 heterocycles. The SMILES string of the molecule is COc1cccc2c1CCN(C1CCCCN(CC(=O)O)C1=O)C2. The number of hydrogen-bond acceptors (Lipinski definition) is 4. The van der Waals surface area contributed by atoms with E-state index in [0.717, 1.165) is 38.0 Å². The first-order valence-corrected chi connectivity index (χ1v) is 8.49. The molecular formula is C18H24N2O4. The number of rotatable bonds is 4. The molecule has 0 saturated carbocycles. The number of aliphatic carboxylic acids is 1. The number of carbonyl (C=O) groups is 2. The van der Waals surface area contributed by atoms with Gasteiger partial charge in [-0.15, -0.1) is 0 Å². The van der Waals surface area contributed by atoms with Gasteiger partial charge in [0.25, 0.3) is 0 Å². The summed E-state index contributed by atoms with van der Waals surface area (Å²) in [5.74, 6) is -0.0779. The normalized spacial score (nSPS) is 22.0. The van der Waals surface area contributed by atoms with Gasteiger partial charge in [-0.2, -0.15) is 0 Å². The fourth-order valence-corrected chi connectivity index (χ4v) is 3.80. The zero-order valence-corrected chi connectivity index (χ0v) is 14.0. The van der Waals surface area contributed by atoms with Crippen LogP contribution in [0, 0.1) is 0 Å². The highest BCUT2D eigenvalue weighted by molar-refractivity contribution is 5.85. The largest absolute Gasteiger partial charge is 0.496 e. The number of fused-ring (bicyclic) bond motifs is 1. The monoisotopic (exact) mass is 332 g/mol. The van der Waals surface area contributed by atoms with Gasteiger partial charge in [-0.1, -0.05) is 12.1 Å². The van der Waals surface area contributed by atoms with Gasteiger partial charge >= 0.3 is 5.97 Å². The van der Waals surface area contributed by atoms with E-state index in [2.05, 4.69) is 11.0 Å². The lowest BCUT2D eigenvalue weighted by molar-refractivity contribution is -0.146. The number of likely N-dealkylation sites (tertiary alicyclic amines) is 1. The molecule has 0 aromatic heterocycles. The number of methoxy groups -OCH3 is 1. The maximum Gasteiger partial charge on any atom is 0.323 e. The summed E-state index contributed by atoms with van der Waals surface area (Å²) in [5.41, 5.74) is 2.42. The lowest BCUT2D eigenvalue weighted by Crippen LogP contribution is -2.50. The van der Waals surface area contributed by atoms with E-state index in [4.69, 9.17) is 9.84 Å². The van der Waals surface area contributed by atoms with Crippen LogP contribution in [0.3, 0.4) is 0 Å². The standard InChI is InChI=1S/C18H24N2O4/c1-24-16-7-4-5-13-11-19(10-8-14(13)16)15-6-2-3-9-20(18(15)23)12-17(21)22/h4-5,7,15H,2-3,6,8-12H2,1H3,(H,21,22). The van der Waals surface area contributed by atoms with Gasteiger partial charge in [-0.25, -0.2) is 0 Å². The fourth-order valence-electron chi connectivity index (χ4n) is 3.80. The van der Waals surface area contributed by atoms with Crippen molar-refractivity contribution in [3.05, 3.63) is 29.3 Å². The first-order chi connectivity index (χ1) is 11.6. The molecule has 1 atom stereocenters. The molecule has 0 aliphatic carbocycles. The van der Waals surface area contributed by atoms with Crippen molar-refractivity contribution in [2.75, 3.05) is 26.7 Å². The van der Waals surface area contributed by atoms with Crippen LogP contribution in [0.4, 0.5) is 0 Å². The van der Waals surface area contributed by atoms with Crippen molar-refractivity contribution in [3.8, 4) is 5.75 Å². The number of carbonyl (C=O) groups excluding carboxylic acids is 1. The molecule has 1 aromatic rings. The molecule has 2 aliphatic heterocycles. The maximum absolute atomic E-state index is 12.8. The van der Waals surface area contributed by atoms with Crippen molar-refractivity contribution in [3.63, 3.8) is 0 Å². The number of nitrogens with zero attached hydrogens (tertiary/aromatic N) is 2. The van der Waals surface area contributed by atoms with Crippen molar-refractivity contribution in [2.24, 2.45) is 0 Å². The molecule has 0 spiro atoms. The molecule has 24 heavy (non-hydrogen) atoms. The van der Waals surface area contributed by atoms with Crippen molar-refractivity contribution in [2.45, 2.75) is 38.3 Å². The van der Waals surface area contributed by atoms with Crippen molar-refractivity contribution in [1.82, 2.24) is 9.80 Å². The molecule has 130 valence electrons. The van der Waals surface area contributed by atoms with Crippen molar-refractivity contribution >= 4 is 11.9 Å². The third-order valence-electron chi connectivity index (χ3n) is 4.99. The van der Waals surface area contributed by atoms with E-state index in [1.165, 1.54) is 16.0 Å². The molecule has 6 heteroatoms. The third-order valence-corrected chi connectivity index (χ3v) is 4.99. The van der Waals surface area contributed by atoms with E-state index in [9.17, 15) is 9.59 Å². The summed E-state index contributed by atoms with van der Waals surface area (Å²) in [6.07, 6.45) is 3.47. The second-order valence-corrected chi connectivity index (χ2v) is 6.48. The lowest BCUT2D eigenvalue weighted by Gasteiger charge is -2.36. The van der Waals surface area contributed by atoms with E-state index < -0.39 is 5.97 Å². The highest BCUT2D eigenvalue weighted by Gasteiger charge is 2.34. The van der Waals surface area contributed by atoms with Gasteiger partial charge in [0.1, 0.15) is 12.3 Å². The third kappa shape index (κ3) is 3.38. The van der Waals surface area contributed by atoms with Gasteiger partial charge in [0.2, 0.25) is 5.91 Å². The van der Waals surface area contributed by atoms with Crippen LogP contribution in [-0.2, 0) is 22.6 Å². The topological polar surface area (TPSA) is 70.1 Å². The Morgan fingerprint density at radius 1 is 1.33 bits per heavy atom. The number of ether oxygens (including phenoxy) is 1. The van der Waals surface area contributed by atoms with Crippen LogP contribution in [0.1, 0.15) is 30.4 Å². The number of carboxylic acids is 1. The summed E-state index contributed by atoms with van der Waals surface area (Å²) in [6.45, 7) is 1.85. The molecule has 1 aromatic carbocycles. The minimum Gasteiger partial charge on any atom is -0.496 e. The van der Waals surface area contributed by atoms with Gasteiger partial charge in [-0.05, 0) is 42.9 Å². The average Bonchev–Trinajstić information content (AvgIpc) is 2.75. The number of carboxylic acid groups (broad SMARTS) is 1. The summed E-state index contributed by atoms with van der Waals surface area (Å²) >= 11 is 0. The van der Waals surface area contributed by atoms with E-state index in [1.807, 2.05) is 12.1 Å². The molecule has 1 fully saturated rings. The molecule has 1 amide bonds. The Morgan fingerprint density at radius 3 is 2.92 bits per heavy atom. The molecule has 0 bridgehead atoms. The van der Waals surface area contributed by atoms with Crippen LogP contribution in [0.15, 0.2) is 18.2 Å². The highest BCUT2D eigenvalue weighted by Crippen LogP contribution is 2.30. The second-order valence-electron chi connectivity index (χ2n) is 6.48. The molecule has 2 aliphatic rings.